The van der Waals surface area contributed by atoms with Crippen LogP contribution in [0.4, 0.5) is 0 Å². The van der Waals surface area contributed by atoms with Gasteiger partial charge in [0.05, 0.1) is 0 Å². The van der Waals surface area contributed by atoms with Gasteiger partial charge in [-0.25, -0.2) is 0 Å². The van der Waals surface area contributed by atoms with Crippen LogP contribution in [-0.2, 0) is 14.9 Å². The van der Waals surface area contributed by atoms with Crippen LogP contribution >= 0.6 is 0 Å². The van der Waals surface area contributed by atoms with Crippen molar-refractivity contribution < 1.29 is 14.6 Å². The smallest absolute Gasteiger partial charge is 0.298 e. The first-order valence-corrected chi connectivity index (χ1v) is 10.8. The molecule has 1 saturated carbocycles. The van der Waals surface area contributed by atoms with Crippen molar-refractivity contribution in [1.82, 2.24) is 0 Å². The molecule has 0 bridgehead atoms. The predicted molar refractivity (Wildman–Crippen MR) is 115 cm³/mol. The fourth-order valence-electron chi connectivity index (χ4n) is 4.42. The molecule has 2 rings (SSSR count). The highest BCUT2D eigenvalue weighted by Crippen LogP contribution is 2.43. The Bertz CT molecular complexity index is 643. The fraction of sp³-hybridized carbons (Fsp3) is 0.560. The van der Waals surface area contributed by atoms with Crippen LogP contribution in [0.1, 0.15) is 90.0 Å². The second kappa shape index (κ2) is 11.7. The number of ether oxygens (including phenoxy) is 1. The van der Waals surface area contributed by atoms with E-state index in [1.165, 1.54) is 68.9 Å². The van der Waals surface area contributed by atoms with Crippen LogP contribution in [0.2, 0.25) is 0 Å². The van der Waals surface area contributed by atoms with Crippen LogP contribution in [0, 0.1) is 0 Å². The van der Waals surface area contributed by atoms with Crippen LogP contribution in [-0.4, -0.2) is 11.6 Å². The van der Waals surface area contributed by atoms with Gasteiger partial charge < -0.3 is 9.84 Å². The highest BCUT2D eigenvalue weighted by Gasteiger charge is 2.33. The molecule has 1 N–H and O–H groups in total. The number of carbonyl (C=O) groups excluding carboxylic acids is 1. The molecule has 154 valence electrons. The zero-order chi connectivity index (χ0) is 20.2. The molecule has 1 aromatic rings. The van der Waals surface area contributed by atoms with Gasteiger partial charge in [0.25, 0.3) is 6.47 Å². The van der Waals surface area contributed by atoms with E-state index in [9.17, 15) is 9.90 Å². The Morgan fingerprint density at radius 2 is 1.36 bits per heavy atom. The Morgan fingerprint density at radius 3 is 1.86 bits per heavy atom. The molecule has 1 fully saturated rings. The standard InChI is InChI=1S/C25H36O3/c1-21(12-13-22(2)28-20-26)25(23-14-16-24(27)17-15-23)18-10-8-6-4-3-5-7-9-11-19-25/h12-17,20,27H,3-11,18-19H2,1-2H3/b21-12+,22-13+. The van der Waals surface area contributed by atoms with Crippen molar-refractivity contribution in [2.75, 3.05) is 0 Å². The van der Waals surface area contributed by atoms with E-state index in [0.29, 0.717) is 18.0 Å². The third-order valence-electron chi connectivity index (χ3n) is 6.18. The van der Waals surface area contributed by atoms with Gasteiger partial charge >= 0.3 is 0 Å². The lowest BCUT2D eigenvalue weighted by atomic mass is 9.67. The normalized spacial score (nSPS) is 19.9. The molecular formula is C25H36O3. The van der Waals surface area contributed by atoms with E-state index in [1.54, 1.807) is 19.1 Å². The summed E-state index contributed by atoms with van der Waals surface area (Å²) < 4.78 is 4.95. The van der Waals surface area contributed by atoms with Gasteiger partial charge in [-0.2, -0.15) is 0 Å². The van der Waals surface area contributed by atoms with E-state index >= 15 is 0 Å². The summed E-state index contributed by atoms with van der Waals surface area (Å²) in [5.41, 5.74) is 2.53. The lowest BCUT2D eigenvalue weighted by Gasteiger charge is -2.37. The topological polar surface area (TPSA) is 46.5 Å². The number of hydrogen-bond acceptors (Lipinski definition) is 3. The van der Waals surface area contributed by atoms with E-state index in [0.717, 1.165) is 12.8 Å². The van der Waals surface area contributed by atoms with Crippen molar-refractivity contribution >= 4 is 6.47 Å². The first kappa shape index (κ1) is 22.3. The maximum absolute atomic E-state index is 10.6. The van der Waals surface area contributed by atoms with E-state index in [4.69, 9.17) is 4.74 Å². The molecule has 1 aromatic carbocycles. The van der Waals surface area contributed by atoms with Gasteiger partial charge in [0.2, 0.25) is 0 Å². The summed E-state index contributed by atoms with van der Waals surface area (Å²) in [4.78, 5) is 10.6. The Labute approximate surface area is 170 Å². The second-order valence-electron chi connectivity index (χ2n) is 8.15. The summed E-state index contributed by atoms with van der Waals surface area (Å²) in [5, 5.41) is 9.79. The van der Waals surface area contributed by atoms with E-state index < -0.39 is 0 Å². The van der Waals surface area contributed by atoms with Gasteiger partial charge in [0, 0.05) is 5.41 Å². The quantitative estimate of drug-likeness (QED) is 0.339. The second-order valence-corrected chi connectivity index (χ2v) is 8.15. The summed E-state index contributed by atoms with van der Waals surface area (Å²) in [7, 11) is 0. The average Bonchev–Trinajstić information content (AvgIpc) is 2.68. The number of rotatable bonds is 5. The van der Waals surface area contributed by atoms with Gasteiger partial charge in [0.1, 0.15) is 11.5 Å². The minimum atomic E-state index is -0.0368. The van der Waals surface area contributed by atoms with Gasteiger partial charge in [-0.15, -0.1) is 0 Å². The van der Waals surface area contributed by atoms with Crippen molar-refractivity contribution in [1.29, 1.82) is 0 Å². The molecular weight excluding hydrogens is 348 g/mol. The molecule has 1 aliphatic rings. The molecule has 28 heavy (non-hydrogen) atoms. The molecule has 0 saturated heterocycles. The summed E-state index contributed by atoms with van der Waals surface area (Å²) in [6.07, 6.45) is 17.9. The molecule has 0 spiro atoms. The zero-order valence-electron chi connectivity index (χ0n) is 17.6. The maximum atomic E-state index is 10.6. The summed E-state index contributed by atoms with van der Waals surface area (Å²) >= 11 is 0. The lowest BCUT2D eigenvalue weighted by molar-refractivity contribution is -0.124. The van der Waals surface area contributed by atoms with Crippen LogP contribution in [0.25, 0.3) is 0 Å². The van der Waals surface area contributed by atoms with Crippen LogP contribution in [0.5, 0.6) is 5.75 Å². The molecule has 0 radical (unpaired) electrons. The first-order chi connectivity index (χ1) is 13.6. The molecule has 0 amide bonds. The molecule has 1 aliphatic carbocycles. The van der Waals surface area contributed by atoms with Crippen molar-refractivity contribution in [3.05, 3.63) is 53.3 Å². The molecule has 3 nitrogen and oxygen atoms in total. The Morgan fingerprint density at radius 1 is 0.857 bits per heavy atom. The van der Waals surface area contributed by atoms with E-state index in [-0.39, 0.29) is 5.41 Å². The van der Waals surface area contributed by atoms with Gasteiger partial charge in [-0.05, 0) is 50.5 Å². The fourth-order valence-corrected chi connectivity index (χ4v) is 4.42. The molecule has 0 aliphatic heterocycles. The maximum Gasteiger partial charge on any atom is 0.298 e. The first-order valence-electron chi connectivity index (χ1n) is 10.8. The number of phenolic OH excluding ortho intramolecular Hbond substituents is 1. The lowest BCUT2D eigenvalue weighted by Crippen LogP contribution is -2.28. The van der Waals surface area contributed by atoms with Gasteiger partial charge in [-0.1, -0.05) is 81.6 Å². The van der Waals surface area contributed by atoms with Crippen molar-refractivity contribution in [2.24, 2.45) is 0 Å². The van der Waals surface area contributed by atoms with E-state index in [1.807, 2.05) is 6.08 Å². The molecule has 0 heterocycles. The zero-order valence-corrected chi connectivity index (χ0v) is 17.6. The molecule has 0 aromatic heterocycles. The van der Waals surface area contributed by atoms with Crippen LogP contribution in [0.3, 0.4) is 0 Å². The molecule has 0 unspecified atom stereocenters. The van der Waals surface area contributed by atoms with Crippen molar-refractivity contribution in [3.8, 4) is 5.75 Å². The number of aromatic hydroxyl groups is 1. The Balaban J connectivity index is 2.38. The van der Waals surface area contributed by atoms with Crippen molar-refractivity contribution in [3.63, 3.8) is 0 Å². The molecule has 3 heteroatoms. The number of phenols is 1. The number of benzene rings is 1. The number of carbonyl (C=O) groups is 1. The Hall–Kier alpha value is -2.03. The van der Waals surface area contributed by atoms with Crippen molar-refractivity contribution in [2.45, 2.75) is 89.9 Å². The Kier molecular flexibility index (Phi) is 9.33. The number of allylic oxidation sites excluding steroid dienone is 4. The van der Waals surface area contributed by atoms with Gasteiger partial charge in [0.15, 0.2) is 0 Å². The highest BCUT2D eigenvalue weighted by atomic mass is 16.5. The monoisotopic (exact) mass is 384 g/mol. The van der Waals surface area contributed by atoms with E-state index in [2.05, 4.69) is 25.1 Å². The average molecular weight is 385 g/mol. The largest absolute Gasteiger partial charge is 0.508 e. The molecule has 0 atom stereocenters. The minimum absolute atomic E-state index is 0.0368. The van der Waals surface area contributed by atoms with Crippen LogP contribution < -0.4 is 0 Å². The third-order valence-corrected chi connectivity index (χ3v) is 6.18. The minimum Gasteiger partial charge on any atom is -0.508 e. The van der Waals surface area contributed by atoms with Crippen LogP contribution in [0.15, 0.2) is 47.7 Å². The summed E-state index contributed by atoms with van der Waals surface area (Å²) in [6.45, 7) is 4.47. The van der Waals surface area contributed by atoms with Gasteiger partial charge in [-0.3, -0.25) is 4.79 Å². The number of hydrogen-bond donors (Lipinski definition) is 1. The SMILES string of the molecule is C/C(=C\C=C(/C)C1(c2ccc(O)cc2)CCCCCCCCCCC1)OC=O. The third kappa shape index (κ3) is 6.54. The summed E-state index contributed by atoms with van der Waals surface area (Å²) in [5.74, 6) is 0.909. The summed E-state index contributed by atoms with van der Waals surface area (Å²) in [6, 6.07) is 7.77. The highest BCUT2D eigenvalue weighted by molar-refractivity contribution is 5.42. The predicted octanol–water partition coefficient (Wildman–Crippen LogP) is 6.96.